The molecule has 3 rings (SSSR count). The van der Waals surface area contributed by atoms with Gasteiger partial charge in [0.2, 0.25) is 0 Å². The third-order valence-corrected chi connectivity index (χ3v) is 5.50. The fraction of sp³-hybridized carbons (Fsp3) is 0.714. The minimum Gasteiger partial charge on any atom is -0.309 e. The molecule has 1 N–H and O–H groups in total. The third-order valence-electron chi connectivity index (χ3n) is 4.50. The van der Waals surface area contributed by atoms with E-state index in [0.29, 0.717) is 11.5 Å². The Kier molecular flexibility index (Phi) is 2.80. The van der Waals surface area contributed by atoms with Crippen molar-refractivity contribution in [3.05, 3.63) is 21.9 Å². The molecule has 0 spiro atoms. The van der Waals surface area contributed by atoms with E-state index < -0.39 is 0 Å². The summed E-state index contributed by atoms with van der Waals surface area (Å²) in [7, 11) is 0. The largest absolute Gasteiger partial charge is 0.309 e. The molecule has 16 heavy (non-hydrogen) atoms. The quantitative estimate of drug-likeness (QED) is 0.837. The van der Waals surface area contributed by atoms with Crippen LogP contribution in [-0.2, 0) is 6.42 Å². The molecule has 0 bridgehead atoms. The smallest absolute Gasteiger partial charge is 0.0388 e. The minimum absolute atomic E-state index is 0.602. The molecule has 1 aromatic heterocycles. The standard InChI is InChI=1S/C14H21NS/c1-2-6-14(7-3-8-14)13-11-5-10-16-12(11)4-9-15-13/h5,10,13,15H,2-4,6-9H2,1H3. The van der Waals surface area contributed by atoms with Crippen molar-refractivity contribution in [2.75, 3.05) is 6.54 Å². The maximum atomic E-state index is 3.80. The minimum atomic E-state index is 0.602. The van der Waals surface area contributed by atoms with Crippen LogP contribution in [0.2, 0.25) is 0 Å². The van der Waals surface area contributed by atoms with Gasteiger partial charge in [-0.05, 0) is 48.1 Å². The molecule has 2 heteroatoms. The zero-order chi connectivity index (χ0) is 11.0. The first kappa shape index (κ1) is 10.8. The normalized spacial score (nSPS) is 27.2. The summed E-state index contributed by atoms with van der Waals surface area (Å²) in [5, 5.41) is 6.08. The van der Waals surface area contributed by atoms with Crippen LogP contribution in [0.5, 0.6) is 0 Å². The molecule has 0 radical (unpaired) electrons. The predicted octanol–water partition coefficient (Wildman–Crippen LogP) is 3.91. The highest BCUT2D eigenvalue weighted by Crippen LogP contribution is 2.55. The first-order valence-electron chi connectivity index (χ1n) is 6.65. The number of rotatable bonds is 3. The zero-order valence-corrected chi connectivity index (χ0v) is 10.9. The van der Waals surface area contributed by atoms with Crippen LogP contribution < -0.4 is 5.32 Å². The molecular weight excluding hydrogens is 214 g/mol. The Bertz CT molecular complexity index is 365. The lowest BCUT2D eigenvalue weighted by molar-refractivity contribution is 0.0585. The Balaban J connectivity index is 1.90. The Morgan fingerprint density at radius 3 is 3.06 bits per heavy atom. The average molecular weight is 235 g/mol. The van der Waals surface area contributed by atoms with Crippen LogP contribution in [0.1, 0.15) is 55.5 Å². The highest BCUT2D eigenvalue weighted by atomic mass is 32.1. The molecule has 1 aromatic rings. The Morgan fingerprint density at radius 2 is 2.38 bits per heavy atom. The highest BCUT2D eigenvalue weighted by molar-refractivity contribution is 7.10. The molecular formula is C14H21NS. The van der Waals surface area contributed by atoms with Crippen molar-refractivity contribution in [3.8, 4) is 0 Å². The van der Waals surface area contributed by atoms with E-state index in [1.165, 1.54) is 45.1 Å². The summed E-state index contributed by atoms with van der Waals surface area (Å²) in [6.07, 6.45) is 8.29. The van der Waals surface area contributed by atoms with Crippen LogP contribution in [0.3, 0.4) is 0 Å². The molecule has 88 valence electrons. The van der Waals surface area contributed by atoms with Crippen LogP contribution >= 0.6 is 11.3 Å². The van der Waals surface area contributed by atoms with E-state index in [9.17, 15) is 0 Å². The molecule has 1 nitrogen and oxygen atoms in total. The summed E-state index contributed by atoms with van der Waals surface area (Å²) < 4.78 is 0. The van der Waals surface area contributed by atoms with Gasteiger partial charge in [-0.25, -0.2) is 0 Å². The molecule has 1 aliphatic heterocycles. The topological polar surface area (TPSA) is 12.0 Å². The molecule has 1 saturated carbocycles. The summed E-state index contributed by atoms with van der Waals surface area (Å²) in [5.74, 6) is 0. The summed E-state index contributed by atoms with van der Waals surface area (Å²) >= 11 is 1.96. The molecule has 1 unspecified atom stereocenters. The van der Waals surface area contributed by atoms with E-state index in [1.54, 1.807) is 10.4 Å². The van der Waals surface area contributed by atoms with Crippen molar-refractivity contribution in [2.45, 2.75) is 51.5 Å². The van der Waals surface area contributed by atoms with Crippen molar-refractivity contribution < 1.29 is 0 Å². The fourth-order valence-corrected chi connectivity index (χ4v) is 4.53. The van der Waals surface area contributed by atoms with Gasteiger partial charge in [0, 0.05) is 17.5 Å². The molecule has 0 aromatic carbocycles. The van der Waals surface area contributed by atoms with Crippen molar-refractivity contribution in [1.82, 2.24) is 5.32 Å². The number of hydrogen-bond donors (Lipinski definition) is 1. The van der Waals surface area contributed by atoms with Gasteiger partial charge in [0.15, 0.2) is 0 Å². The van der Waals surface area contributed by atoms with Crippen molar-refractivity contribution >= 4 is 11.3 Å². The SMILES string of the molecule is CCCC1(C2NCCc3sccc32)CCC1. The number of nitrogens with one attached hydrogen (secondary N) is 1. The Labute approximate surface area is 102 Å². The van der Waals surface area contributed by atoms with Crippen LogP contribution in [0.15, 0.2) is 11.4 Å². The van der Waals surface area contributed by atoms with Gasteiger partial charge in [-0.2, -0.15) is 0 Å². The zero-order valence-electron chi connectivity index (χ0n) is 10.1. The lowest BCUT2D eigenvalue weighted by Crippen LogP contribution is -2.45. The van der Waals surface area contributed by atoms with Gasteiger partial charge >= 0.3 is 0 Å². The summed E-state index contributed by atoms with van der Waals surface area (Å²) in [6.45, 7) is 3.51. The van der Waals surface area contributed by atoms with Crippen LogP contribution in [0.4, 0.5) is 0 Å². The van der Waals surface area contributed by atoms with Crippen LogP contribution in [0.25, 0.3) is 0 Å². The average Bonchev–Trinajstić information content (AvgIpc) is 2.71. The lowest BCUT2D eigenvalue weighted by atomic mass is 9.59. The first-order chi connectivity index (χ1) is 7.86. The number of fused-ring (bicyclic) bond motifs is 1. The second kappa shape index (κ2) is 4.15. The first-order valence-corrected chi connectivity index (χ1v) is 7.53. The fourth-order valence-electron chi connectivity index (χ4n) is 3.61. The van der Waals surface area contributed by atoms with Gasteiger partial charge in [-0.1, -0.05) is 19.8 Å². The number of thiophene rings is 1. The van der Waals surface area contributed by atoms with E-state index >= 15 is 0 Å². The van der Waals surface area contributed by atoms with Gasteiger partial charge in [0.25, 0.3) is 0 Å². The van der Waals surface area contributed by atoms with Gasteiger partial charge in [0.05, 0.1) is 0 Å². The van der Waals surface area contributed by atoms with Crippen LogP contribution in [0, 0.1) is 5.41 Å². The summed E-state index contributed by atoms with van der Waals surface area (Å²) in [4.78, 5) is 1.64. The van der Waals surface area contributed by atoms with Crippen molar-refractivity contribution in [2.24, 2.45) is 5.41 Å². The summed E-state index contributed by atoms with van der Waals surface area (Å²) in [6, 6.07) is 3.03. The Hall–Kier alpha value is -0.340. The Morgan fingerprint density at radius 1 is 1.50 bits per heavy atom. The lowest BCUT2D eigenvalue weighted by Gasteiger charge is -2.50. The van der Waals surface area contributed by atoms with Crippen molar-refractivity contribution in [3.63, 3.8) is 0 Å². The molecule has 2 heterocycles. The van der Waals surface area contributed by atoms with E-state index in [4.69, 9.17) is 0 Å². The monoisotopic (exact) mass is 235 g/mol. The second-order valence-corrected chi connectivity index (χ2v) is 6.40. The molecule has 1 aliphatic carbocycles. The van der Waals surface area contributed by atoms with Gasteiger partial charge in [-0.15, -0.1) is 11.3 Å². The van der Waals surface area contributed by atoms with Gasteiger partial charge in [0.1, 0.15) is 0 Å². The summed E-state index contributed by atoms with van der Waals surface area (Å²) in [5.41, 5.74) is 2.23. The van der Waals surface area contributed by atoms with Gasteiger partial charge in [-0.3, -0.25) is 0 Å². The van der Waals surface area contributed by atoms with E-state index in [1.807, 2.05) is 11.3 Å². The third kappa shape index (κ3) is 1.54. The number of hydrogen-bond acceptors (Lipinski definition) is 2. The maximum Gasteiger partial charge on any atom is 0.0388 e. The maximum absolute atomic E-state index is 3.80. The van der Waals surface area contributed by atoms with Gasteiger partial charge < -0.3 is 5.32 Å². The van der Waals surface area contributed by atoms with Crippen LogP contribution in [-0.4, -0.2) is 6.54 Å². The molecule has 1 atom stereocenters. The van der Waals surface area contributed by atoms with E-state index in [-0.39, 0.29) is 0 Å². The van der Waals surface area contributed by atoms with E-state index in [0.717, 1.165) is 0 Å². The highest BCUT2D eigenvalue weighted by Gasteiger charge is 2.45. The second-order valence-electron chi connectivity index (χ2n) is 5.40. The molecule has 2 aliphatic rings. The van der Waals surface area contributed by atoms with E-state index in [2.05, 4.69) is 23.7 Å². The predicted molar refractivity (Wildman–Crippen MR) is 70.0 cm³/mol. The molecule has 1 fully saturated rings. The van der Waals surface area contributed by atoms with Crippen molar-refractivity contribution in [1.29, 1.82) is 0 Å². The molecule has 0 amide bonds. The molecule has 0 saturated heterocycles.